The van der Waals surface area contributed by atoms with E-state index >= 15 is 0 Å². The van der Waals surface area contributed by atoms with Gasteiger partial charge < -0.3 is 10.3 Å². The minimum absolute atomic E-state index is 0.109. The Kier molecular flexibility index (Phi) is 4.50. The molecule has 3 rings (SSSR count). The molecule has 0 unspecified atom stereocenters. The van der Waals surface area contributed by atoms with Crippen LogP contribution in [0.15, 0.2) is 34.9 Å². The van der Waals surface area contributed by atoms with Crippen LogP contribution in [0.3, 0.4) is 0 Å². The maximum atomic E-state index is 6.00. The summed E-state index contributed by atoms with van der Waals surface area (Å²) in [7, 11) is 0. The first-order chi connectivity index (χ1) is 11.0. The summed E-state index contributed by atoms with van der Waals surface area (Å²) < 4.78 is 5.39. The SMILES string of the molecule is CC(C)(C)c1nc(CN2C[C@@H](CN)[C@H](c3ccccc3)C2)no1. The van der Waals surface area contributed by atoms with Gasteiger partial charge in [-0.2, -0.15) is 4.98 Å². The molecule has 2 aromatic rings. The Morgan fingerprint density at radius 3 is 2.57 bits per heavy atom. The summed E-state index contributed by atoms with van der Waals surface area (Å²) in [5.41, 5.74) is 7.26. The molecule has 1 aromatic carbocycles. The molecule has 124 valence electrons. The van der Waals surface area contributed by atoms with Crippen LogP contribution in [0.4, 0.5) is 0 Å². The Bertz CT molecular complexity index is 632. The molecule has 23 heavy (non-hydrogen) atoms. The average Bonchev–Trinajstić information content (AvgIpc) is 3.15. The fourth-order valence-electron chi connectivity index (χ4n) is 3.23. The van der Waals surface area contributed by atoms with Crippen molar-refractivity contribution >= 4 is 0 Å². The van der Waals surface area contributed by atoms with Gasteiger partial charge in [0.1, 0.15) is 0 Å². The normalized spacial score (nSPS) is 22.6. The fourth-order valence-corrected chi connectivity index (χ4v) is 3.23. The van der Waals surface area contributed by atoms with E-state index in [2.05, 4.69) is 66.1 Å². The third kappa shape index (κ3) is 3.62. The van der Waals surface area contributed by atoms with Crippen LogP contribution in [0.25, 0.3) is 0 Å². The highest BCUT2D eigenvalue weighted by atomic mass is 16.5. The third-order valence-corrected chi connectivity index (χ3v) is 4.52. The Morgan fingerprint density at radius 1 is 1.22 bits per heavy atom. The van der Waals surface area contributed by atoms with Gasteiger partial charge in [-0.25, -0.2) is 0 Å². The van der Waals surface area contributed by atoms with Crippen molar-refractivity contribution in [3.05, 3.63) is 47.6 Å². The fraction of sp³-hybridized carbons (Fsp3) is 0.556. The summed E-state index contributed by atoms with van der Waals surface area (Å²) in [6, 6.07) is 10.6. The van der Waals surface area contributed by atoms with Crippen molar-refractivity contribution in [2.75, 3.05) is 19.6 Å². The number of hydrogen-bond acceptors (Lipinski definition) is 5. The van der Waals surface area contributed by atoms with E-state index in [4.69, 9.17) is 10.3 Å². The largest absolute Gasteiger partial charge is 0.339 e. The summed E-state index contributed by atoms with van der Waals surface area (Å²) in [4.78, 5) is 6.92. The molecule has 1 fully saturated rings. The average molecular weight is 314 g/mol. The Balaban J connectivity index is 1.69. The topological polar surface area (TPSA) is 68.2 Å². The number of nitrogens with two attached hydrogens (primary N) is 1. The van der Waals surface area contributed by atoms with E-state index in [0.29, 0.717) is 24.3 Å². The van der Waals surface area contributed by atoms with Crippen LogP contribution >= 0.6 is 0 Å². The third-order valence-electron chi connectivity index (χ3n) is 4.52. The van der Waals surface area contributed by atoms with Gasteiger partial charge in [0.25, 0.3) is 0 Å². The Morgan fingerprint density at radius 2 is 1.96 bits per heavy atom. The van der Waals surface area contributed by atoms with Crippen molar-refractivity contribution < 1.29 is 4.52 Å². The van der Waals surface area contributed by atoms with Gasteiger partial charge >= 0.3 is 0 Å². The van der Waals surface area contributed by atoms with Crippen molar-refractivity contribution in [2.45, 2.75) is 38.6 Å². The summed E-state index contributed by atoms with van der Waals surface area (Å²) in [6.45, 7) is 9.64. The Hall–Kier alpha value is -1.72. The molecular weight excluding hydrogens is 288 g/mol. The van der Waals surface area contributed by atoms with Gasteiger partial charge in [0, 0.05) is 24.4 Å². The molecule has 0 saturated carbocycles. The molecule has 0 spiro atoms. The monoisotopic (exact) mass is 314 g/mol. The second-order valence-electron chi connectivity index (χ2n) is 7.47. The lowest BCUT2D eigenvalue weighted by Crippen LogP contribution is -2.23. The molecule has 1 aromatic heterocycles. The van der Waals surface area contributed by atoms with Gasteiger partial charge in [0.15, 0.2) is 5.82 Å². The van der Waals surface area contributed by atoms with Gasteiger partial charge in [-0.3, -0.25) is 4.90 Å². The standard InChI is InChI=1S/C18H26N4O/c1-18(2,3)17-20-16(21-23-17)12-22-10-14(9-19)15(11-22)13-7-5-4-6-8-13/h4-8,14-15H,9-12,19H2,1-3H3/t14-,15+/m1/s1. The van der Waals surface area contributed by atoms with E-state index in [1.807, 2.05) is 0 Å². The van der Waals surface area contributed by atoms with Crippen LogP contribution in [0, 0.1) is 5.92 Å². The first-order valence-corrected chi connectivity index (χ1v) is 8.28. The predicted octanol–water partition coefficient (Wildman–Crippen LogP) is 2.54. The summed E-state index contributed by atoms with van der Waals surface area (Å²) in [6.07, 6.45) is 0. The van der Waals surface area contributed by atoms with Crippen LogP contribution in [0.2, 0.25) is 0 Å². The van der Waals surface area contributed by atoms with Gasteiger partial charge in [-0.05, 0) is 18.0 Å². The van der Waals surface area contributed by atoms with Gasteiger partial charge in [0.05, 0.1) is 6.54 Å². The number of likely N-dealkylation sites (tertiary alicyclic amines) is 1. The predicted molar refractivity (Wildman–Crippen MR) is 90.0 cm³/mol. The molecule has 2 N–H and O–H groups in total. The number of rotatable bonds is 4. The van der Waals surface area contributed by atoms with Crippen molar-refractivity contribution in [1.82, 2.24) is 15.0 Å². The van der Waals surface area contributed by atoms with Crippen LogP contribution in [-0.2, 0) is 12.0 Å². The van der Waals surface area contributed by atoms with Crippen molar-refractivity contribution in [3.8, 4) is 0 Å². The molecule has 0 radical (unpaired) electrons. The number of nitrogens with zero attached hydrogens (tertiary/aromatic N) is 3. The van der Waals surface area contributed by atoms with Crippen LogP contribution < -0.4 is 5.73 Å². The lowest BCUT2D eigenvalue weighted by Gasteiger charge is -2.16. The van der Waals surface area contributed by atoms with E-state index in [0.717, 1.165) is 25.5 Å². The first-order valence-electron chi connectivity index (χ1n) is 8.28. The van der Waals surface area contributed by atoms with Crippen LogP contribution in [-0.4, -0.2) is 34.7 Å². The molecule has 2 atom stereocenters. The molecule has 2 heterocycles. The van der Waals surface area contributed by atoms with Crippen molar-refractivity contribution in [1.29, 1.82) is 0 Å². The molecule has 0 amide bonds. The van der Waals surface area contributed by atoms with E-state index in [1.54, 1.807) is 0 Å². The van der Waals surface area contributed by atoms with Gasteiger partial charge in [-0.1, -0.05) is 56.3 Å². The highest BCUT2D eigenvalue weighted by Gasteiger charge is 2.33. The summed E-state index contributed by atoms with van der Waals surface area (Å²) >= 11 is 0. The van der Waals surface area contributed by atoms with Gasteiger partial charge in [0.2, 0.25) is 5.89 Å². The number of aromatic nitrogens is 2. The van der Waals surface area contributed by atoms with Crippen molar-refractivity contribution in [3.63, 3.8) is 0 Å². The van der Waals surface area contributed by atoms with E-state index in [1.165, 1.54) is 5.56 Å². The second-order valence-corrected chi connectivity index (χ2v) is 7.47. The van der Waals surface area contributed by atoms with Crippen molar-refractivity contribution in [2.24, 2.45) is 11.7 Å². The molecule has 1 aliphatic heterocycles. The van der Waals surface area contributed by atoms with Gasteiger partial charge in [-0.15, -0.1) is 0 Å². The van der Waals surface area contributed by atoms with E-state index in [-0.39, 0.29) is 5.41 Å². The van der Waals surface area contributed by atoms with E-state index < -0.39 is 0 Å². The molecular formula is C18H26N4O. The molecule has 5 nitrogen and oxygen atoms in total. The Labute approximate surface area is 137 Å². The lowest BCUT2D eigenvalue weighted by molar-refractivity contribution is 0.291. The zero-order chi connectivity index (χ0) is 16.4. The first kappa shape index (κ1) is 16.1. The number of hydrogen-bond donors (Lipinski definition) is 1. The molecule has 1 aliphatic rings. The number of benzene rings is 1. The summed E-state index contributed by atoms with van der Waals surface area (Å²) in [5.74, 6) is 2.42. The molecule has 1 saturated heterocycles. The quantitative estimate of drug-likeness (QED) is 0.939. The minimum Gasteiger partial charge on any atom is -0.339 e. The zero-order valence-electron chi connectivity index (χ0n) is 14.2. The maximum absolute atomic E-state index is 6.00. The second kappa shape index (κ2) is 6.42. The lowest BCUT2D eigenvalue weighted by atomic mass is 9.89. The van der Waals surface area contributed by atoms with Crippen LogP contribution in [0.1, 0.15) is 44.0 Å². The minimum atomic E-state index is -0.109. The zero-order valence-corrected chi connectivity index (χ0v) is 14.2. The molecule has 0 aliphatic carbocycles. The highest BCUT2D eigenvalue weighted by Crippen LogP contribution is 2.32. The molecule has 5 heteroatoms. The van der Waals surface area contributed by atoms with E-state index in [9.17, 15) is 0 Å². The smallest absolute Gasteiger partial charge is 0.232 e. The maximum Gasteiger partial charge on any atom is 0.232 e. The summed E-state index contributed by atoms with van der Waals surface area (Å²) in [5, 5.41) is 4.14. The van der Waals surface area contributed by atoms with Crippen LogP contribution in [0.5, 0.6) is 0 Å². The molecule has 0 bridgehead atoms. The highest BCUT2D eigenvalue weighted by molar-refractivity contribution is 5.22.